The fourth-order valence-corrected chi connectivity index (χ4v) is 12.7. The number of allylic oxidation sites excluding steroid dienone is 8. The third-order valence-corrected chi connectivity index (χ3v) is 16.8. The molecular formula is C47H55N4O8S3+. The highest BCUT2D eigenvalue weighted by Gasteiger charge is 2.55. The van der Waals surface area contributed by atoms with E-state index in [0.29, 0.717) is 57.5 Å². The zero-order valence-corrected chi connectivity index (χ0v) is 38.1. The van der Waals surface area contributed by atoms with Crippen molar-refractivity contribution in [1.82, 2.24) is 0 Å². The third kappa shape index (κ3) is 8.29. The second-order valence-corrected chi connectivity index (χ2v) is 22.8. The summed E-state index contributed by atoms with van der Waals surface area (Å²) in [6, 6.07) is 23.3. The van der Waals surface area contributed by atoms with E-state index in [2.05, 4.69) is 79.1 Å². The molecule has 4 heterocycles. The highest BCUT2D eigenvalue weighted by Crippen LogP contribution is 2.55. The first-order valence-electron chi connectivity index (χ1n) is 21.3. The smallest absolute Gasteiger partial charge is 0.330 e. The lowest BCUT2D eigenvalue weighted by molar-refractivity contribution is -0.366. The van der Waals surface area contributed by atoms with Crippen LogP contribution in [-0.4, -0.2) is 81.0 Å². The molecule has 12 nitrogen and oxygen atoms in total. The maximum atomic E-state index is 14.7. The molecule has 5 aliphatic rings. The maximum Gasteiger partial charge on any atom is 0.330 e. The topological polar surface area (TPSA) is 165 Å². The molecule has 1 aliphatic carbocycles. The van der Waals surface area contributed by atoms with Crippen LogP contribution in [0.15, 0.2) is 130 Å². The first-order chi connectivity index (χ1) is 29.3. The Bertz CT molecular complexity index is 2840. The number of amidine groups is 1. The van der Waals surface area contributed by atoms with Crippen LogP contribution >= 0.6 is 0 Å². The molecule has 0 spiro atoms. The van der Waals surface area contributed by atoms with Crippen LogP contribution < -0.4 is 9.80 Å². The van der Waals surface area contributed by atoms with E-state index in [1.54, 1.807) is 12.1 Å². The number of rotatable bonds is 13. The summed E-state index contributed by atoms with van der Waals surface area (Å²) >= 11 is 0. The molecule has 1 saturated carbocycles. The van der Waals surface area contributed by atoms with Crippen LogP contribution in [0.1, 0.15) is 82.4 Å². The first kappa shape index (κ1) is 44.0. The zero-order chi connectivity index (χ0) is 44.2. The Morgan fingerprint density at radius 2 is 1.34 bits per heavy atom. The molecule has 3 aromatic carbocycles. The second-order valence-electron chi connectivity index (χ2n) is 17.8. The average molecular weight is 900 g/mol. The summed E-state index contributed by atoms with van der Waals surface area (Å²) in [7, 11) is -12.2. The summed E-state index contributed by atoms with van der Waals surface area (Å²) in [5.74, 6) is -0.337. The Balaban J connectivity index is 1.25. The standard InChI is InChI=1S/C47H54N4O8S3/c1-33-17-23-37(24-18-33)62(58,59)51-32-36-31-44(51)48-45-34(21-25-42-46(2,3)38-13-5-7-15-40(38)49(42)27-9-11-29-60(52,53)54)19-20-35(45)22-26-43-47(36,4)39-14-6-8-16-41(39)50(43)28-10-12-30-61(55,56)57/h5-8,13-18,21-26,36H,9-12,19-20,27-32H2,1-4H3,(H-,52,53,54,55,56,57)/p+1. The van der Waals surface area contributed by atoms with E-state index < -0.39 is 35.7 Å². The van der Waals surface area contributed by atoms with Gasteiger partial charge in [0.1, 0.15) is 11.4 Å². The number of fused-ring (bicyclic) bond motifs is 8. The van der Waals surface area contributed by atoms with E-state index in [9.17, 15) is 34.4 Å². The molecule has 2 bridgehead atoms. The molecule has 62 heavy (non-hydrogen) atoms. The SMILES string of the molecule is Cc1ccc(S(=O)(=O)[N+]2=C3CC(C2)C2(C)/C(=C\C=C4/CCC(=CC=C5N(CCCCS(=O)(=O)O)c6ccccc6C5(C)C)C4=N3)N(CCCCS(=O)(=O)O)c3ccccc32)cc1. The Labute approximate surface area is 366 Å². The minimum atomic E-state index is -4.11. The quantitative estimate of drug-likeness (QED) is 0.0980. The van der Waals surface area contributed by atoms with Crippen molar-refractivity contribution in [2.24, 2.45) is 10.9 Å². The largest absolute Gasteiger partial charge is 0.344 e. The van der Waals surface area contributed by atoms with Gasteiger partial charge in [-0.15, -0.1) is 3.98 Å². The fourth-order valence-electron chi connectivity index (χ4n) is 10.0. The minimum absolute atomic E-state index is 0.199. The molecular weight excluding hydrogens is 845 g/mol. The van der Waals surface area contributed by atoms with Crippen molar-refractivity contribution in [2.45, 2.75) is 88.4 Å². The normalized spacial score (nSPS) is 24.9. The first-order valence-corrected chi connectivity index (χ1v) is 26.0. The van der Waals surface area contributed by atoms with E-state index in [0.717, 1.165) is 56.3 Å². The predicted molar refractivity (Wildman–Crippen MR) is 245 cm³/mol. The molecule has 15 heteroatoms. The predicted octanol–water partition coefficient (Wildman–Crippen LogP) is 7.90. The van der Waals surface area contributed by atoms with Gasteiger partial charge in [0.15, 0.2) is 5.71 Å². The Kier molecular flexibility index (Phi) is 11.7. The number of unbranched alkanes of at least 4 members (excludes halogenated alkanes) is 2. The van der Waals surface area contributed by atoms with Gasteiger partial charge in [0.2, 0.25) is 0 Å². The minimum Gasteiger partial charge on any atom is -0.344 e. The van der Waals surface area contributed by atoms with Crippen LogP contribution in [0.2, 0.25) is 0 Å². The third-order valence-electron chi connectivity index (χ3n) is 13.4. The number of hydrogen-bond donors (Lipinski definition) is 2. The molecule has 8 rings (SSSR count). The summed E-state index contributed by atoms with van der Waals surface area (Å²) in [6.45, 7) is 9.74. The maximum absolute atomic E-state index is 14.7. The van der Waals surface area contributed by atoms with Gasteiger partial charge in [0.25, 0.3) is 20.2 Å². The number of sulfonamides is 1. The van der Waals surface area contributed by atoms with Crippen molar-refractivity contribution >= 4 is 53.2 Å². The summed E-state index contributed by atoms with van der Waals surface area (Å²) in [4.78, 5) is 10.0. The Morgan fingerprint density at radius 1 is 0.742 bits per heavy atom. The summed E-state index contributed by atoms with van der Waals surface area (Å²) < 4.78 is 96.1. The summed E-state index contributed by atoms with van der Waals surface area (Å²) in [5.41, 5.74) is 8.97. The van der Waals surface area contributed by atoms with Gasteiger partial charge in [0.05, 0.1) is 17.9 Å². The van der Waals surface area contributed by atoms with Crippen molar-refractivity contribution < 1.29 is 38.3 Å². The lowest BCUT2D eigenvalue weighted by Crippen LogP contribution is -2.38. The fraction of sp³-hybridized carbons (Fsp3) is 0.404. The van der Waals surface area contributed by atoms with Crippen LogP contribution in [0.4, 0.5) is 11.4 Å². The molecule has 0 radical (unpaired) electrons. The van der Waals surface area contributed by atoms with Crippen molar-refractivity contribution in [3.8, 4) is 0 Å². The van der Waals surface area contributed by atoms with Gasteiger partial charge in [-0.3, -0.25) is 9.11 Å². The van der Waals surface area contributed by atoms with Gasteiger partial charge in [-0.1, -0.05) is 80.1 Å². The van der Waals surface area contributed by atoms with Gasteiger partial charge in [0, 0.05) is 63.8 Å². The number of benzene rings is 3. The van der Waals surface area contributed by atoms with E-state index in [4.69, 9.17) is 4.99 Å². The van der Waals surface area contributed by atoms with Crippen molar-refractivity contribution in [3.63, 3.8) is 0 Å². The van der Waals surface area contributed by atoms with E-state index in [1.807, 2.05) is 43.3 Å². The monoisotopic (exact) mass is 899 g/mol. The number of nitrogens with zero attached hydrogens (tertiary/aromatic N) is 4. The molecule has 4 aliphatic heterocycles. The van der Waals surface area contributed by atoms with Crippen molar-refractivity contribution in [3.05, 3.63) is 136 Å². The van der Waals surface area contributed by atoms with Crippen LogP contribution in [0.5, 0.6) is 0 Å². The molecule has 1 fully saturated rings. The molecule has 328 valence electrons. The van der Waals surface area contributed by atoms with Crippen LogP contribution in [0, 0.1) is 12.8 Å². The van der Waals surface area contributed by atoms with Gasteiger partial charge >= 0.3 is 15.9 Å². The number of para-hydroxylation sites is 2. The van der Waals surface area contributed by atoms with E-state index >= 15 is 0 Å². The van der Waals surface area contributed by atoms with Gasteiger partial charge in [-0.2, -0.15) is 25.3 Å². The van der Waals surface area contributed by atoms with Crippen LogP contribution in [0.25, 0.3) is 0 Å². The van der Waals surface area contributed by atoms with Gasteiger partial charge in [-0.25, -0.2) is 0 Å². The summed E-state index contributed by atoms with van der Waals surface area (Å²) in [6.07, 6.45) is 11.9. The molecule has 3 aromatic rings. The number of hydrogen-bond acceptors (Lipinski definition) is 9. The second kappa shape index (κ2) is 16.5. The number of aliphatic imine (C=N–C) groups is 1. The van der Waals surface area contributed by atoms with Crippen molar-refractivity contribution in [2.75, 3.05) is 40.9 Å². The molecule has 2 N–H and O–H groups in total. The lowest BCUT2D eigenvalue weighted by Gasteiger charge is -2.34. The number of aryl methyl sites for hydroxylation is 1. The lowest BCUT2D eigenvalue weighted by atomic mass is 9.70. The van der Waals surface area contributed by atoms with Crippen molar-refractivity contribution in [1.29, 1.82) is 0 Å². The highest BCUT2D eigenvalue weighted by molar-refractivity contribution is 7.86. The van der Waals surface area contributed by atoms with E-state index in [-0.39, 0.29) is 40.7 Å². The molecule has 0 aromatic heterocycles. The number of anilines is 2. The zero-order valence-electron chi connectivity index (χ0n) is 35.7. The highest BCUT2D eigenvalue weighted by atomic mass is 32.2. The average Bonchev–Trinajstić information content (AvgIpc) is 3.93. The molecule has 2 atom stereocenters. The van der Waals surface area contributed by atoms with Gasteiger partial charge in [-0.05, 0) is 105 Å². The Hall–Kier alpha value is -4.67. The van der Waals surface area contributed by atoms with Crippen LogP contribution in [0.3, 0.4) is 0 Å². The summed E-state index contributed by atoms with van der Waals surface area (Å²) in [5, 5.41) is 0. The molecule has 0 saturated heterocycles. The van der Waals surface area contributed by atoms with Gasteiger partial charge < -0.3 is 9.80 Å². The molecule has 2 unspecified atom stereocenters. The van der Waals surface area contributed by atoms with E-state index in [1.165, 1.54) is 3.98 Å². The van der Waals surface area contributed by atoms with Crippen LogP contribution in [-0.2, 0) is 41.1 Å². The Morgan fingerprint density at radius 3 is 1.98 bits per heavy atom. The molecule has 0 amide bonds.